The molecule has 0 aromatic heterocycles. The maximum absolute atomic E-state index is 4.17. The van der Waals surface area contributed by atoms with Crippen molar-refractivity contribution < 1.29 is 0 Å². The van der Waals surface area contributed by atoms with Gasteiger partial charge in [0, 0.05) is 23.3 Å². The van der Waals surface area contributed by atoms with E-state index in [9.17, 15) is 0 Å². The predicted octanol–water partition coefficient (Wildman–Crippen LogP) is 19.4. The summed E-state index contributed by atoms with van der Waals surface area (Å²) in [5.74, 6) is 1.44. The zero-order valence-corrected chi connectivity index (χ0v) is 43.6. The highest BCUT2D eigenvalue weighted by Gasteiger charge is 2.41. The molecule has 0 saturated heterocycles. The monoisotopic (exact) mass is 938 g/mol. The Morgan fingerprint density at radius 1 is 0.639 bits per heavy atom. The van der Waals surface area contributed by atoms with Crippen molar-refractivity contribution in [3.8, 4) is 44.5 Å². The smallest absolute Gasteiger partial charge is 0.0432 e. The van der Waals surface area contributed by atoms with Gasteiger partial charge in [0.05, 0.1) is 0 Å². The lowest BCUT2D eigenvalue weighted by molar-refractivity contribution is 0.645. The van der Waals surface area contributed by atoms with Gasteiger partial charge in [0.2, 0.25) is 0 Å². The summed E-state index contributed by atoms with van der Waals surface area (Å²) in [5.41, 5.74) is 23.0. The summed E-state index contributed by atoms with van der Waals surface area (Å²) in [5, 5.41) is 0. The van der Waals surface area contributed by atoms with Crippen LogP contribution < -0.4 is 4.90 Å². The van der Waals surface area contributed by atoms with Gasteiger partial charge in [-0.15, -0.1) is 0 Å². The van der Waals surface area contributed by atoms with E-state index in [1.807, 2.05) is 19.9 Å². The van der Waals surface area contributed by atoms with Gasteiger partial charge in [0.1, 0.15) is 0 Å². The van der Waals surface area contributed by atoms with Gasteiger partial charge in [0.15, 0.2) is 0 Å². The van der Waals surface area contributed by atoms with Gasteiger partial charge >= 0.3 is 0 Å². The molecule has 1 heteroatoms. The van der Waals surface area contributed by atoms with Crippen LogP contribution in [0.25, 0.3) is 56.2 Å². The molecule has 3 aliphatic carbocycles. The molecule has 3 unspecified atom stereocenters. The summed E-state index contributed by atoms with van der Waals surface area (Å²) in [6.45, 7) is 20.6. The lowest BCUT2D eigenvalue weighted by Crippen LogP contribution is -2.23. The van der Waals surface area contributed by atoms with Gasteiger partial charge < -0.3 is 4.90 Å². The second-order valence-electron chi connectivity index (χ2n) is 20.1. The Kier molecular flexibility index (Phi) is 15.3. The molecule has 3 atom stereocenters. The van der Waals surface area contributed by atoms with Gasteiger partial charge in [-0.2, -0.15) is 0 Å². The van der Waals surface area contributed by atoms with Crippen molar-refractivity contribution in [2.24, 2.45) is 17.8 Å². The van der Waals surface area contributed by atoms with E-state index in [4.69, 9.17) is 0 Å². The number of hydrogen-bond acceptors (Lipinski definition) is 1. The average molecular weight is 938 g/mol. The third-order valence-electron chi connectivity index (χ3n) is 14.8. The molecule has 1 nitrogen and oxygen atoms in total. The zero-order valence-electron chi connectivity index (χ0n) is 43.6. The van der Waals surface area contributed by atoms with Gasteiger partial charge in [0.25, 0.3) is 0 Å². The number of rotatable bonds is 13. The van der Waals surface area contributed by atoms with Crippen molar-refractivity contribution in [2.75, 3.05) is 11.4 Å². The van der Waals surface area contributed by atoms with Gasteiger partial charge in [-0.3, -0.25) is 0 Å². The van der Waals surface area contributed by atoms with Crippen LogP contribution in [0.2, 0.25) is 0 Å². The molecule has 0 saturated carbocycles. The maximum Gasteiger partial charge on any atom is 0.0432 e. The normalized spacial score (nSPS) is 18.4. The number of nitrogens with zero attached hydrogens (tertiary/aromatic N) is 1. The number of aryl methyl sites for hydroxylation is 1. The first-order valence-electron chi connectivity index (χ1n) is 26.5. The fraction of sp³-hybridized carbons (Fsp3) is 0.211. The van der Waals surface area contributed by atoms with E-state index in [0.717, 1.165) is 24.9 Å². The van der Waals surface area contributed by atoms with Crippen molar-refractivity contribution in [3.05, 3.63) is 264 Å². The van der Waals surface area contributed by atoms with E-state index in [1.54, 1.807) is 0 Å². The summed E-state index contributed by atoms with van der Waals surface area (Å²) >= 11 is 0. The van der Waals surface area contributed by atoms with Gasteiger partial charge in [-0.25, -0.2) is 0 Å². The molecule has 0 spiro atoms. The minimum atomic E-state index is -0.330. The van der Waals surface area contributed by atoms with Crippen molar-refractivity contribution in [3.63, 3.8) is 0 Å². The molecule has 10 rings (SSSR count). The van der Waals surface area contributed by atoms with Crippen LogP contribution in [-0.2, 0) is 18.3 Å². The highest BCUT2D eigenvalue weighted by molar-refractivity contribution is 6.03. The molecule has 360 valence electrons. The Balaban J connectivity index is 0.00000316. The molecule has 0 bridgehead atoms. The maximum atomic E-state index is 4.17. The van der Waals surface area contributed by atoms with Crippen molar-refractivity contribution in [1.82, 2.24) is 0 Å². The molecule has 0 heterocycles. The molecule has 7 aromatic rings. The third-order valence-corrected chi connectivity index (χ3v) is 14.8. The molecular weight excluding hydrogens is 867 g/mol. The van der Waals surface area contributed by atoms with Crippen LogP contribution in [0.3, 0.4) is 0 Å². The third kappa shape index (κ3) is 10.2. The number of allylic oxidation sites excluding steroid dienone is 11. The van der Waals surface area contributed by atoms with E-state index < -0.39 is 0 Å². The topological polar surface area (TPSA) is 3.24 Å². The Bertz CT molecular complexity index is 3240. The lowest BCUT2D eigenvalue weighted by atomic mass is 9.72. The summed E-state index contributed by atoms with van der Waals surface area (Å²) in [4.78, 5) is 2.46. The summed E-state index contributed by atoms with van der Waals surface area (Å²) in [6.07, 6.45) is 28.2. The van der Waals surface area contributed by atoms with E-state index in [0.29, 0.717) is 24.3 Å². The fourth-order valence-electron chi connectivity index (χ4n) is 11.1. The minimum absolute atomic E-state index is 0.330. The molecule has 0 amide bonds. The quantitative estimate of drug-likeness (QED) is 0.0822. The molecule has 7 aromatic carbocycles. The summed E-state index contributed by atoms with van der Waals surface area (Å²) < 4.78 is 0. The van der Waals surface area contributed by atoms with Crippen LogP contribution in [0.4, 0.5) is 11.4 Å². The molecule has 0 radical (unpaired) electrons. The number of hydrogen-bond donors (Lipinski definition) is 0. The van der Waals surface area contributed by atoms with E-state index >= 15 is 0 Å². The first kappa shape index (κ1) is 49.5. The fourth-order valence-corrected chi connectivity index (χ4v) is 11.1. The molecule has 72 heavy (non-hydrogen) atoms. The number of fused-ring (bicyclic) bond motifs is 8. The molecule has 3 aliphatic rings. The van der Waals surface area contributed by atoms with Crippen molar-refractivity contribution >= 4 is 23.0 Å². The highest BCUT2D eigenvalue weighted by atomic mass is 15.1. The molecule has 0 aliphatic heterocycles. The van der Waals surface area contributed by atoms with E-state index in [-0.39, 0.29) is 5.41 Å². The van der Waals surface area contributed by atoms with Gasteiger partial charge in [-0.05, 0) is 163 Å². The predicted molar refractivity (Wildman–Crippen MR) is 314 cm³/mol. The Morgan fingerprint density at radius 2 is 1.29 bits per heavy atom. The van der Waals surface area contributed by atoms with E-state index in [2.05, 4.69) is 265 Å². The first-order chi connectivity index (χ1) is 35.2. The van der Waals surface area contributed by atoms with Crippen LogP contribution in [0.1, 0.15) is 88.3 Å². The number of anilines is 2. The van der Waals surface area contributed by atoms with Crippen molar-refractivity contribution in [1.29, 1.82) is 0 Å². The summed E-state index contributed by atoms with van der Waals surface area (Å²) in [6, 6.07) is 58.5. The second kappa shape index (κ2) is 22.3. The summed E-state index contributed by atoms with van der Waals surface area (Å²) in [7, 11) is 0. The van der Waals surface area contributed by atoms with Crippen LogP contribution in [-0.4, -0.2) is 6.54 Å². The second-order valence-corrected chi connectivity index (χ2v) is 20.1. The zero-order chi connectivity index (χ0) is 50.2. The highest BCUT2D eigenvalue weighted by Crippen LogP contribution is 2.54. The molecule has 0 fully saturated rings. The van der Waals surface area contributed by atoms with Gasteiger partial charge in [-0.1, -0.05) is 242 Å². The van der Waals surface area contributed by atoms with Crippen molar-refractivity contribution in [2.45, 2.75) is 73.1 Å². The standard InChI is InChI=1S/C69H65N.C2H6/c1-7-19-53(59-29-17-23-54-34-33-49(4)31-32-50(5)45-65(54)59)24-18-43-70(58-40-42-62-60-26-13-14-27-61(60)66(62)47-58)57-38-35-52(36-39-57)55-37-41-64-63-28-15-16-30-67(63)69(6,68(64)46-55)56(44-48(2)3)25-12-11-22-51-20-9-8-10-21-51;1-2/h7-32,35-42,44,46-50H,1,33-34,43,45H2,2-6H3;1-2H3/b22-11-,24-18-,25-12-,32-31-,53-19+,56-44-;. The van der Waals surface area contributed by atoms with Crippen LogP contribution in [0, 0.1) is 17.8 Å². The Labute approximate surface area is 431 Å². The first-order valence-corrected chi connectivity index (χ1v) is 26.5. The minimum Gasteiger partial charge on any atom is -0.338 e. The molecular formula is C71H71N. The Hall–Kier alpha value is -7.48. The largest absolute Gasteiger partial charge is 0.338 e. The average Bonchev–Trinajstić information content (AvgIpc) is 3.70. The molecule has 0 N–H and O–H groups in total. The van der Waals surface area contributed by atoms with Crippen LogP contribution in [0.5, 0.6) is 0 Å². The van der Waals surface area contributed by atoms with Crippen LogP contribution >= 0.6 is 0 Å². The lowest BCUT2D eigenvalue weighted by Gasteiger charge is -2.30. The SMILES string of the molecule is C=C/C=C(\C=C/CN(c1ccc(-c2ccc3c(c2)C(C)(C(/C=C\C=C/c2ccccc2)=C\C(C)C)c2ccccc2-3)cc1)c1ccc2c(c1)-c1ccccc1-2)c1cccc2c1CC(C)/C=C\C(C)CC2.CC. The van der Waals surface area contributed by atoms with E-state index in [1.165, 1.54) is 94.7 Å². The Morgan fingerprint density at radius 3 is 2.06 bits per heavy atom. The van der Waals surface area contributed by atoms with Crippen LogP contribution in [0.15, 0.2) is 231 Å². The number of benzene rings is 7.